The summed E-state index contributed by atoms with van der Waals surface area (Å²) in [4.78, 5) is 13.1. The quantitative estimate of drug-likeness (QED) is 0.758. The predicted molar refractivity (Wildman–Crippen MR) is 87.3 cm³/mol. The van der Waals surface area contributed by atoms with Crippen LogP contribution in [0.3, 0.4) is 0 Å². The van der Waals surface area contributed by atoms with Crippen LogP contribution in [0.25, 0.3) is 11.6 Å². The molecule has 1 fully saturated rings. The van der Waals surface area contributed by atoms with Crippen LogP contribution in [0, 0.1) is 0 Å². The van der Waals surface area contributed by atoms with Crippen molar-refractivity contribution in [3.8, 4) is 11.6 Å². The van der Waals surface area contributed by atoms with Crippen LogP contribution in [-0.4, -0.2) is 20.1 Å². The molecule has 1 saturated carbocycles. The Morgan fingerprint density at radius 3 is 2.87 bits per heavy atom. The van der Waals surface area contributed by atoms with Gasteiger partial charge in [0.15, 0.2) is 11.0 Å². The largest absolute Gasteiger partial charge is 0.332 e. The molecule has 8 heteroatoms. The lowest BCUT2D eigenvalue weighted by Gasteiger charge is -2.17. The van der Waals surface area contributed by atoms with Crippen molar-refractivity contribution in [3.63, 3.8) is 0 Å². The van der Waals surface area contributed by atoms with E-state index in [1.54, 1.807) is 6.20 Å². The lowest BCUT2D eigenvalue weighted by Crippen LogP contribution is -2.34. The Bertz CT molecular complexity index is 793. The van der Waals surface area contributed by atoms with Crippen LogP contribution in [-0.2, 0) is 5.54 Å². The summed E-state index contributed by atoms with van der Waals surface area (Å²) in [6, 6.07) is 5.66. The van der Waals surface area contributed by atoms with E-state index in [0.717, 1.165) is 36.6 Å². The average molecular weight is 328 g/mol. The van der Waals surface area contributed by atoms with Gasteiger partial charge in [-0.25, -0.2) is 9.97 Å². The van der Waals surface area contributed by atoms with Crippen LogP contribution in [0.1, 0.15) is 31.5 Å². The number of thiazole rings is 1. The summed E-state index contributed by atoms with van der Waals surface area (Å²) in [5.41, 5.74) is 6.55. The van der Waals surface area contributed by atoms with Gasteiger partial charge in [0.05, 0.1) is 5.54 Å². The van der Waals surface area contributed by atoms with Crippen LogP contribution in [0.4, 0.5) is 10.9 Å². The highest BCUT2D eigenvalue weighted by Gasteiger charge is 2.36. The van der Waals surface area contributed by atoms with Crippen molar-refractivity contribution in [1.82, 2.24) is 20.1 Å². The lowest BCUT2D eigenvalue weighted by molar-refractivity contribution is 0.372. The molecule has 0 saturated heterocycles. The van der Waals surface area contributed by atoms with E-state index in [1.807, 2.05) is 23.6 Å². The van der Waals surface area contributed by atoms with Gasteiger partial charge in [0.2, 0.25) is 0 Å². The molecule has 4 rings (SSSR count). The van der Waals surface area contributed by atoms with Crippen molar-refractivity contribution in [1.29, 1.82) is 0 Å². The molecule has 118 valence electrons. The number of hydrogen-bond donors (Lipinski definition) is 2. The fourth-order valence-corrected chi connectivity index (χ4v) is 3.43. The zero-order chi connectivity index (χ0) is 15.7. The summed E-state index contributed by atoms with van der Waals surface area (Å²) < 4.78 is 5.35. The first-order valence-corrected chi connectivity index (χ1v) is 8.38. The van der Waals surface area contributed by atoms with Gasteiger partial charge in [0, 0.05) is 11.6 Å². The Morgan fingerprint density at radius 1 is 1.22 bits per heavy atom. The highest BCUT2D eigenvalue weighted by atomic mass is 32.1. The molecule has 0 spiro atoms. The third kappa shape index (κ3) is 2.82. The summed E-state index contributed by atoms with van der Waals surface area (Å²) >= 11 is 1.46. The third-order valence-electron chi connectivity index (χ3n) is 3.99. The Labute approximate surface area is 137 Å². The van der Waals surface area contributed by atoms with Gasteiger partial charge in [0.25, 0.3) is 5.89 Å². The van der Waals surface area contributed by atoms with Gasteiger partial charge in [-0.05, 0) is 25.0 Å². The van der Waals surface area contributed by atoms with E-state index in [1.165, 1.54) is 11.3 Å². The van der Waals surface area contributed by atoms with Gasteiger partial charge >= 0.3 is 0 Å². The molecule has 3 N–H and O–H groups in total. The highest BCUT2D eigenvalue weighted by molar-refractivity contribution is 7.14. The third-order valence-corrected chi connectivity index (χ3v) is 4.75. The zero-order valence-corrected chi connectivity index (χ0v) is 13.2. The molecule has 1 aliphatic carbocycles. The van der Waals surface area contributed by atoms with Crippen LogP contribution in [0.5, 0.6) is 0 Å². The Hall–Kier alpha value is -2.32. The van der Waals surface area contributed by atoms with Crippen LogP contribution in [0.15, 0.2) is 34.3 Å². The molecule has 0 unspecified atom stereocenters. The topological polar surface area (TPSA) is 103 Å². The minimum atomic E-state index is -0.452. The SMILES string of the molecule is NC1(c2noc(-c3csc(Nc4ccccn4)n3)n2)CCCC1. The maximum atomic E-state index is 6.36. The van der Waals surface area contributed by atoms with Crippen molar-refractivity contribution in [2.75, 3.05) is 5.32 Å². The van der Waals surface area contributed by atoms with E-state index < -0.39 is 5.54 Å². The number of anilines is 2. The number of rotatable bonds is 4. The summed E-state index contributed by atoms with van der Waals surface area (Å²) in [6.07, 6.45) is 5.74. The van der Waals surface area contributed by atoms with E-state index >= 15 is 0 Å². The van der Waals surface area contributed by atoms with Crippen molar-refractivity contribution in [3.05, 3.63) is 35.6 Å². The first-order chi connectivity index (χ1) is 11.2. The van der Waals surface area contributed by atoms with E-state index in [0.29, 0.717) is 17.4 Å². The van der Waals surface area contributed by atoms with E-state index in [-0.39, 0.29) is 0 Å². The second-order valence-electron chi connectivity index (χ2n) is 5.66. The van der Waals surface area contributed by atoms with E-state index in [2.05, 4.69) is 25.4 Å². The van der Waals surface area contributed by atoms with E-state index in [9.17, 15) is 0 Å². The van der Waals surface area contributed by atoms with Crippen LogP contribution in [0.2, 0.25) is 0 Å². The maximum Gasteiger partial charge on any atom is 0.277 e. The zero-order valence-electron chi connectivity index (χ0n) is 12.4. The molecule has 0 aliphatic heterocycles. The average Bonchev–Trinajstić information content (AvgIpc) is 3.28. The van der Waals surface area contributed by atoms with Crippen LogP contribution < -0.4 is 11.1 Å². The molecule has 3 aromatic heterocycles. The normalized spacial score (nSPS) is 16.6. The summed E-state index contributed by atoms with van der Waals surface area (Å²) in [6.45, 7) is 0. The number of hydrogen-bond acceptors (Lipinski definition) is 8. The van der Waals surface area contributed by atoms with E-state index in [4.69, 9.17) is 10.3 Å². The Morgan fingerprint density at radius 2 is 2.09 bits per heavy atom. The minimum Gasteiger partial charge on any atom is -0.332 e. The molecule has 3 heterocycles. The van der Waals surface area contributed by atoms with Gasteiger partial charge in [-0.1, -0.05) is 24.1 Å². The second-order valence-corrected chi connectivity index (χ2v) is 6.52. The molecule has 0 amide bonds. The number of pyridine rings is 1. The van der Waals surface area contributed by atoms with Crippen LogP contribution >= 0.6 is 11.3 Å². The van der Waals surface area contributed by atoms with Gasteiger partial charge in [-0.2, -0.15) is 4.98 Å². The van der Waals surface area contributed by atoms with Gasteiger partial charge in [-0.15, -0.1) is 11.3 Å². The van der Waals surface area contributed by atoms with Crippen molar-refractivity contribution in [2.24, 2.45) is 5.73 Å². The molecule has 23 heavy (non-hydrogen) atoms. The Balaban J connectivity index is 1.54. The monoisotopic (exact) mass is 328 g/mol. The van der Waals surface area contributed by atoms with Gasteiger partial charge < -0.3 is 15.6 Å². The van der Waals surface area contributed by atoms with Gasteiger partial charge in [-0.3, -0.25) is 0 Å². The molecule has 3 aromatic rings. The number of nitrogens with zero attached hydrogens (tertiary/aromatic N) is 4. The molecular weight excluding hydrogens is 312 g/mol. The molecule has 0 atom stereocenters. The molecule has 0 radical (unpaired) electrons. The number of nitrogens with two attached hydrogens (primary N) is 1. The summed E-state index contributed by atoms with van der Waals surface area (Å²) in [5.74, 6) is 1.73. The van der Waals surface area contributed by atoms with Crippen molar-refractivity contribution < 1.29 is 4.52 Å². The molecule has 7 nitrogen and oxygen atoms in total. The first kappa shape index (κ1) is 14.3. The van der Waals surface area contributed by atoms with Crippen molar-refractivity contribution >= 4 is 22.3 Å². The fraction of sp³-hybridized carbons (Fsp3) is 0.333. The lowest BCUT2D eigenvalue weighted by atomic mass is 9.99. The van der Waals surface area contributed by atoms with Crippen molar-refractivity contribution in [2.45, 2.75) is 31.2 Å². The summed E-state index contributed by atoms with van der Waals surface area (Å²) in [5, 5.41) is 9.80. The fourth-order valence-electron chi connectivity index (χ4n) is 2.73. The summed E-state index contributed by atoms with van der Waals surface area (Å²) in [7, 11) is 0. The molecular formula is C15H16N6OS. The Kier molecular flexibility index (Phi) is 3.55. The predicted octanol–water partition coefficient (Wildman–Crippen LogP) is 3.06. The molecule has 0 aromatic carbocycles. The number of nitrogens with one attached hydrogen (secondary N) is 1. The van der Waals surface area contributed by atoms with Gasteiger partial charge in [0.1, 0.15) is 11.5 Å². The number of aromatic nitrogens is 4. The minimum absolute atomic E-state index is 0.405. The smallest absolute Gasteiger partial charge is 0.277 e. The standard InChI is InChI=1S/C15H16N6OS/c16-15(6-2-3-7-15)13-20-12(22-21-13)10-9-23-14(18-10)19-11-5-1-4-8-17-11/h1,4-5,8-9H,2-3,6-7,16H2,(H,17,18,19). The second kappa shape index (κ2) is 5.71. The highest BCUT2D eigenvalue weighted by Crippen LogP contribution is 2.35. The maximum absolute atomic E-state index is 6.36. The molecule has 1 aliphatic rings. The first-order valence-electron chi connectivity index (χ1n) is 7.50. The molecule has 0 bridgehead atoms.